The smallest absolute Gasteiger partial charge is 0.405 e. The summed E-state index contributed by atoms with van der Waals surface area (Å²) in [5, 5.41) is 3.42. The van der Waals surface area contributed by atoms with Crippen molar-refractivity contribution in [3.63, 3.8) is 0 Å². The third-order valence-electron chi connectivity index (χ3n) is 4.10. The number of nitrogens with one attached hydrogen (secondary N) is 1. The number of hydrogen-bond acceptors (Lipinski definition) is 4. The standard InChI is InChI=1S/C15H21N3O2/c1-4-17-12-6-5-7-13(14(12)20-15(17)19)18-10(2)8-16-9-11(18)3/h5-7,10-11,16H,4,8-9H2,1-3H3. The molecular formula is C15H21N3O2. The maximum atomic E-state index is 11.9. The molecule has 2 heterocycles. The van der Waals surface area contributed by atoms with Crippen molar-refractivity contribution in [1.29, 1.82) is 0 Å². The molecule has 0 aliphatic carbocycles. The fourth-order valence-electron chi connectivity index (χ4n) is 3.18. The molecule has 5 nitrogen and oxygen atoms in total. The van der Waals surface area contributed by atoms with Gasteiger partial charge in [0.15, 0.2) is 5.58 Å². The van der Waals surface area contributed by atoms with Crippen LogP contribution in [0.4, 0.5) is 5.69 Å². The highest BCUT2D eigenvalue weighted by Crippen LogP contribution is 2.30. The second kappa shape index (κ2) is 4.98. The van der Waals surface area contributed by atoms with Crippen molar-refractivity contribution in [3.05, 3.63) is 28.7 Å². The number of piperazine rings is 1. The molecule has 0 radical (unpaired) electrons. The number of nitrogens with zero attached hydrogens (tertiary/aromatic N) is 2. The van der Waals surface area contributed by atoms with Crippen LogP contribution in [0.2, 0.25) is 0 Å². The van der Waals surface area contributed by atoms with Crippen LogP contribution in [0.25, 0.3) is 11.1 Å². The maximum Gasteiger partial charge on any atom is 0.420 e. The fraction of sp³-hybridized carbons (Fsp3) is 0.533. The van der Waals surface area contributed by atoms with E-state index in [0.29, 0.717) is 24.2 Å². The van der Waals surface area contributed by atoms with E-state index < -0.39 is 0 Å². The van der Waals surface area contributed by atoms with E-state index >= 15 is 0 Å². The van der Waals surface area contributed by atoms with Crippen LogP contribution in [0, 0.1) is 0 Å². The number of anilines is 1. The van der Waals surface area contributed by atoms with Crippen molar-refractivity contribution in [3.8, 4) is 0 Å². The van der Waals surface area contributed by atoms with Gasteiger partial charge in [-0.05, 0) is 32.9 Å². The molecule has 0 bridgehead atoms. The normalized spacial score (nSPS) is 23.4. The number of rotatable bonds is 2. The van der Waals surface area contributed by atoms with Gasteiger partial charge in [-0.2, -0.15) is 0 Å². The van der Waals surface area contributed by atoms with Gasteiger partial charge in [0.1, 0.15) is 0 Å². The number of benzene rings is 1. The number of oxazole rings is 1. The minimum absolute atomic E-state index is 0.273. The second-order valence-electron chi connectivity index (χ2n) is 5.50. The van der Waals surface area contributed by atoms with E-state index in [1.165, 1.54) is 0 Å². The van der Waals surface area contributed by atoms with E-state index in [-0.39, 0.29) is 5.76 Å². The van der Waals surface area contributed by atoms with Crippen LogP contribution in [-0.4, -0.2) is 29.7 Å². The monoisotopic (exact) mass is 275 g/mol. The summed E-state index contributed by atoms with van der Waals surface area (Å²) in [5.74, 6) is -0.273. The molecule has 0 saturated carbocycles. The highest BCUT2D eigenvalue weighted by atomic mass is 16.4. The lowest BCUT2D eigenvalue weighted by atomic mass is 10.1. The Morgan fingerprint density at radius 1 is 1.30 bits per heavy atom. The summed E-state index contributed by atoms with van der Waals surface area (Å²) in [6, 6.07) is 6.74. The molecule has 2 unspecified atom stereocenters. The molecule has 1 aliphatic rings. The van der Waals surface area contributed by atoms with Gasteiger partial charge in [0.2, 0.25) is 0 Å². The Kier molecular flexibility index (Phi) is 3.30. The van der Waals surface area contributed by atoms with Gasteiger partial charge in [0.25, 0.3) is 0 Å². The number of fused-ring (bicyclic) bond motifs is 1. The van der Waals surface area contributed by atoms with Gasteiger partial charge < -0.3 is 14.6 Å². The van der Waals surface area contributed by atoms with E-state index in [4.69, 9.17) is 4.42 Å². The molecule has 1 fully saturated rings. The van der Waals surface area contributed by atoms with E-state index in [1.807, 2.05) is 25.1 Å². The van der Waals surface area contributed by atoms with Gasteiger partial charge in [0.05, 0.1) is 11.2 Å². The van der Waals surface area contributed by atoms with Crippen LogP contribution in [0.3, 0.4) is 0 Å². The van der Waals surface area contributed by atoms with Gasteiger partial charge in [-0.25, -0.2) is 4.79 Å². The third-order valence-corrected chi connectivity index (χ3v) is 4.10. The van der Waals surface area contributed by atoms with Gasteiger partial charge >= 0.3 is 5.76 Å². The average Bonchev–Trinajstić information content (AvgIpc) is 2.74. The quantitative estimate of drug-likeness (QED) is 0.908. The Morgan fingerprint density at radius 3 is 2.65 bits per heavy atom. The summed E-state index contributed by atoms with van der Waals surface area (Å²) >= 11 is 0. The topological polar surface area (TPSA) is 50.4 Å². The lowest BCUT2D eigenvalue weighted by Gasteiger charge is -2.41. The minimum Gasteiger partial charge on any atom is -0.405 e. The molecule has 1 aliphatic heterocycles. The van der Waals surface area contributed by atoms with Crippen LogP contribution >= 0.6 is 0 Å². The first kappa shape index (κ1) is 13.2. The van der Waals surface area contributed by atoms with Crippen molar-refractivity contribution in [2.24, 2.45) is 0 Å². The van der Waals surface area contributed by atoms with E-state index in [2.05, 4.69) is 24.1 Å². The lowest BCUT2D eigenvalue weighted by molar-refractivity contribution is 0.430. The van der Waals surface area contributed by atoms with Crippen LogP contribution in [0.1, 0.15) is 20.8 Å². The van der Waals surface area contributed by atoms with Crippen molar-refractivity contribution < 1.29 is 4.42 Å². The van der Waals surface area contributed by atoms with Crippen molar-refractivity contribution >= 4 is 16.8 Å². The van der Waals surface area contributed by atoms with Crippen molar-refractivity contribution in [1.82, 2.24) is 9.88 Å². The molecule has 1 aromatic carbocycles. The molecule has 2 atom stereocenters. The summed E-state index contributed by atoms with van der Waals surface area (Å²) in [5.41, 5.74) is 2.61. The Labute approximate surface area is 118 Å². The number of aryl methyl sites for hydroxylation is 1. The molecule has 1 saturated heterocycles. The summed E-state index contributed by atoms with van der Waals surface area (Å²) in [4.78, 5) is 14.3. The van der Waals surface area contributed by atoms with Crippen LogP contribution in [-0.2, 0) is 6.54 Å². The average molecular weight is 275 g/mol. The summed E-state index contributed by atoms with van der Waals surface area (Å²) in [6.07, 6.45) is 0. The van der Waals surface area contributed by atoms with E-state index in [0.717, 1.165) is 24.3 Å². The zero-order chi connectivity index (χ0) is 14.3. The highest BCUT2D eigenvalue weighted by molar-refractivity contribution is 5.87. The summed E-state index contributed by atoms with van der Waals surface area (Å²) < 4.78 is 7.19. The molecule has 0 amide bonds. The molecular weight excluding hydrogens is 254 g/mol. The highest BCUT2D eigenvalue weighted by Gasteiger charge is 2.27. The first-order chi connectivity index (χ1) is 9.63. The second-order valence-corrected chi connectivity index (χ2v) is 5.50. The predicted octanol–water partition coefficient (Wildman–Crippen LogP) is 1.80. The maximum absolute atomic E-state index is 11.9. The SMILES string of the molecule is CCn1c(=O)oc2c(N3C(C)CNCC3C)cccc21. The van der Waals surface area contributed by atoms with Crippen LogP contribution in [0.5, 0.6) is 0 Å². The molecule has 1 aromatic heterocycles. The van der Waals surface area contributed by atoms with Crippen molar-refractivity contribution in [2.45, 2.75) is 39.4 Å². The predicted molar refractivity (Wildman–Crippen MR) is 80.4 cm³/mol. The molecule has 1 N–H and O–H groups in total. The third kappa shape index (κ3) is 1.93. The van der Waals surface area contributed by atoms with Gasteiger partial charge in [0, 0.05) is 31.7 Å². The number of para-hydroxylation sites is 1. The van der Waals surface area contributed by atoms with E-state index in [9.17, 15) is 4.79 Å². The Morgan fingerprint density at radius 2 is 2.00 bits per heavy atom. The van der Waals surface area contributed by atoms with Crippen LogP contribution in [0.15, 0.2) is 27.4 Å². The largest absolute Gasteiger partial charge is 0.420 e. The minimum atomic E-state index is -0.273. The first-order valence-electron chi connectivity index (χ1n) is 7.25. The zero-order valence-corrected chi connectivity index (χ0v) is 12.2. The van der Waals surface area contributed by atoms with E-state index in [1.54, 1.807) is 4.57 Å². The number of aromatic nitrogens is 1. The number of hydrogen-bond donors (Lipinski definition) is 1. The summed E-state index contributed by atoms with van der Waals surface area (Å²) in [6.45, 7) is 8.85. The fourth-order valence-corrected chi connectivity index (χ4v) is 3.18. The molecule has 20 heavy (non-hydrogen) atoms. The molecule has 3 rings (SSSR count). The zero-order valence-electron chi connectivity index (χ0n) is 12.2. The van der Waals surface area contributed by atoms with Crippen molar-refractivity contribution in [2.75, 3.05) is 18.0 Å². The van der Waals surface area contributed by atoms with Gasteiger partial charge in [-0.1, -0.05) is 6.07 Å². The molecule has 0 spiro atoms. The molecule has 5 heteroatoms. The Bertz CT molecular complexity index is 663. The van der Waals surface area contributed by atoms with Crippen LogP contribution < -0.4 is 16.0 Å². The Hall–Kier alpha value is -1.75. The molecule has 2 aromatic rings. The Balaban J connectivity index is 2.18. The lowest BCUT2D eigenvalue weighted by Crippen LogP contribution is -2.55. The summed E-state index contributed by atoms with van der Waals surface area (Å²) in [7, 11) is 0. The molecule has 108 valence electrons. The first-order valence-corrected chi connectivity index (χ1v) is 7.25. The van der Waals surface area contributed by atoms with Gasteiger partial charge in [-0.15, -0.1) is 0 Å². The van der Waals surface area contributed by atoms with Gasteiger partial charge in [-0.3, -0.25) is 4.57 Å².